The molecule has 3 aromatic rings. The van der Waals surface area contributed by atoms with E-state index in [2.05, 4.69) is 15.4 Å². The first kappa shape index (κ1) is 26.5. The minimum atomic E-state index is -3.87. The number of anilines is 1. The van der Waals surface area contributed by atoms with Crippen molar-refractivity contribution in [3.8, 4) is 5.69 Å². The topological polar surface area (TPSA) is 143 Å². The second kappa shape index (κ2) is 10.9. The highest BCUT2D eigenvalue weighted by Crippen LogP contribution is 2.30. The van der Waals surface area contributed by atoms with Crippen molar-refractivity contribution in [3.05, 3.63) is 75.5 Å². The number of carbonyl (C=O) groups excluding carboxylic acids is 1. The Balaban J connectivity index is 1.41. The van der Waals surface area contributed by atoms with Crippen molar-refractivity contribution in [2.24, 2.45) is 5.10 Å². The Morgan fingerprint density at radius 2 is 1.72 bits per heavy atom. The van der Waals surface area contributed by atoms with Crippen LogP contribution in [0.1, 0.15) is 47.3 Å². The van der Waals surface area contributed by atoms with Gasteiger partial charge in [0.05, 0.1) is 33.0 Å². The molecule has 2 aromatic carbocycles. The Bertz CT molecular complexity index is 1520. The molecule has 39 heavy (non-hydrogen) atoms. The number of hydrazone groups is 1. The Morgan fingerprint density at radius 1 is 1.05 bits per heavy atom. The smallest absolute Gasteiger partial charge is 0.283 e. The second-order valence-electron chi connectivity index (χ2n) is 9.51. The van der Waals surface area contributed by atoms with Crippen LogP contribution >= 0.6 is 0 Å². The first-order valence-corrected chi connectivity index (χ1v) is 14.2. The maximum Gasteiger partial charge on any atom is 0.283 e. The molecule has 1 amide bonds. The van der Waals surface area contributed by atoms with Gasteiger partial charge in [-0.1, -0.05) is 18.2 Å². The van der Waals surface area contributed by atoms with Gasteiger partial charge in [-0.15, -0.1) is 0 Å². The largest absolute Gasteiger partial charge is 0.356 e. The van der Waals surface area contributed by atoms with E-state index >= 15 is 0 Å². The Kier molecular flexibility index (Phi) is 7.44. The third kappa shape index (κ3) is 5.27. The van der Waals surface area contributed by atoms with Crippen molar-refractivity contribution >= 4 is 33.7 Å². The van der Waals surface area contributed by atoms with E-state index in [4.69, 9.17) is 5.10 Å². The number of nitrogens with zero attached hydrogens (tertiary/aromatic N) is 6. The van der Waals surface area contributed by atoms with Gasteiger partial charge in [0.15, 0.2) is 0 Å². The van der Waals surface area contributed by atoms with Crippen LogP contribution in [0, 0.1) is 17.0 Å². The maximum absolute atomic E-state index is 12.9. The number of nitrogens with one attached hydrogen (secondary N) is 1. The predicted molar refractivity (Wildman–Crippen MR) is 146 cm³/mol. The molecular formula is C26H29N7O5S. The molecule has 12 nitrogen and oxygen atoms in total. The van der Waals surface area contributed by atoms with Crippen molar-refractivity contribution in [1.82, 2.24) is 19.5 Å². The molecule has 1 N–H and O–H groups in total. The second-order valence-corrected chi connectivity index (χ2v) is 11.4. The van der Waals surface area contributed by atoms with Crippen LogP contribution in [-0.2, 0) is 10.0 Å². The number of nitro groups is 1. The van der Waals surface area contributed by atoms with Crippen LogP contribution in [0.2, 0.25) is 0 Å². The van der Waals surface area contributed by atoms with Gasteiger partial charge in [0, 0.05) is 32.2 Å². The first-order valence-electron chi connectivity index (χ1n) is 12.8. The predicted octanol–water partition coefficient (Wildman–Crippen LogP) is 3.24. The molecule has 204 valence electrons. The molecule has 1 aromatic heterocycles. The molecule has 5 rings (SSSR count). The normalized spacial score (nSPS) is 16.3. The quantitative estimate of drug-likeness (QED) is 0.257. The fraction of sp³-hybridized carbons (Fsp3) is 0.346. The van der Waals surface area contributed by atoms with Gasteiger partial charge >= 0.3 is 0 Å². The van der Waals surface area contributed by atoms with E-state index in [-0.39, 0.29) is 10.5 Å². The standard InChI is InChI=1S/C26H29N7O5S/c1-19-23(26(30-13-5-6-14-30)32(29-19)20-9-3-2-4-10-20)18-27-28-25(34)22-12-11-21(17-24(22)33(35)36)39(37,38)31-15-7-8-16-31/h2-4,9-12,17-18H,5-8,13-16H2,1H3,(H,28,34)/b27-18-. The van der Waals surface area contributed by atoms with Gasteiger partial charge in [0.2, 0.25) is 10.0 Å². The Labute approximate surface area is 226 Å². The molecule has 0 saturated carbocycles. The van der Waals surface area contributed by atoms with Crippen molar-refractivity contribution in [3.63, 3.8) is 0 Å². The van der Waals surface area contributed by atoms with Crippen molar-refractivity contribution < 1.29 is 18.1 Å². The molecule has 2 saturated heterocycles. The third-order valence-corrected chi connectivity index (χ3v) is 8.86. The molecule has 2 aliphatic rings. The summed E-state index contributed by atoms with van der Waals surface area (Å²) >= 11 is 0. The van der Waals surface area contributed by atoms with Crippen molar-refractivity contribution in [2.75, 3.05) is 31.1 Å². The molecule has 0 aliphatic carbocycles. The summed E-state index contributed by atoms with van der Waals surface area (Å²) in [5.41, 5.74) is 3.80. The van der Waals surface area contributed by atoms with E-state index in [0.717, 1.165) is 68.0 Å². The minimum absolute atomic E-state index is 0.213. The average molecular weight is 552 g/mol. The highest BCUT2D eigenvalue weighted by Gasteiger charge is 2.31. The Hall–Kier alpha value is -4.10. The summed E-state index contributed by atoms with van der Waals surface area (Å²) < 4.78 is 28.9. The van der Waals surface area contributed by atoms with E-state index in [1.807, 2.05) is 41.9 Å². The zero-order valence-electron chi connectivity index (χ0n) is 21.5. The number of hydrogen-bond acceptors (Lipinski definition) is 8. The number of aromatic nitrogens is 2. The zero-order chi connectivity index (χ0) is 27.6. The molecular weight excluding hydrogens is 522 g/mol. The number of carbonyl (C=O) groups is 1. The van der Waals surface area contributed by atoms with Crippen LogP contribution in [0.25, 0.3) is 5.69 Å². The van der Waals surface area contributed by atoms with Crippen LogP contribution < -0.4 is 10.3 Å². The number of nitro benzene ring substituents is 1. The molecule has 0 spiro atoms. The van der Waals surface area contributed by atoms with Gasteiger partial charge in [-0.2, -0.15) is 14.5 Å². The number of benzene rings is 2. The fourth-order valence-electron chi connectivity index (χ4n) is 4.97. The van der Waals surface area contributed by atoms with Gasteiger partial charge in [0.25, 0.3) is 11.6 Å². The highest BCUT2D eigenvalue weighted by molar-refractivity contribution is 7.89. The number of para-hydroxylation sites is 1. The van der Waals surface area contributed by atoms with E-state index < -0.39 is 26.5 Å². The van der Waals surface area contributed by atoms with Crippen LogP contribution in [0.4, 0.5) is 11.5 Å². The van der Waals surface area contributed by atoms with Gasteiger partial charge < -0.3 is 4.90 Å². The minimum Gasteiger partial charge on any atom is -0.356 e. The summed E-state index contributed by atoms with van der Waals surface area (Å²) in [4.78, 5) is 25.9. The maximum atomic E-state index is 12.9. The van der Waals surface area contributed by atoms with Gasteiger partial charge in [-0.05, 0) is 56.9 Å². The third-order valence-electron chi connectivity index (χ3n) is 6.96. The van der Waals surface area contributed by atoms with E-state index in [1.165, 1.54) is 16.6 Å². The summed E-state index contributed by atoms with van der Waals surface area (Å²) in [5, 5.41) is 20.6. The average Bonchev–Trinajstić information content (AvgIpc) is 3.71. The van der Waals surface area contributed by atoms with Gasteiger partial charge in [-0.3, -0.25) is 14.9 Å². The van der Waals surface area contributed by atoms with Crippen LogP contribution in [0.15, 0.2) is 58.5 Å². The van der Waals surface area contributed by atoms with Crippen LogP contribution in [0.5, 0.6) is 0 Å². The number of rotatable bonds is 8. The monoisotopic (exact) mass is 551 g/mol. The zero-order valence-corrected chi connectivity index (χ0v) is 22.3. The summed E-state index contributed by atoms with van der Waals surface area (Å²) in [5.74, 6) is 0.0375. The van der Waals surface area contributed by atoms with Crippen molar-refractivity contribution in [1.29, 1.82) is 0 Å². The molecule has 13 heteroatoms. The summed E-state index contributed by atoms with van der Waals surface area (Å²) in [6, 6.07) is 13.0. The lowest BCUT2D eigenvalue weighted by Crippen LogP contribution is -2.28. The lowest BCUT2D eigenvalue weighted by molar-refractivity contribution is -0.385. The molecule has 0 atom stereocenters. The summed E-state index contributed by atoms with van der Waals surface area (Å²) in [6.07, 6.45) is 5.08. The van der Waals surface area contributed by atoms with E-state index in [9.17, 15) is 23.3 Å². The van der Waals surface area contributed by atoms with E-state index in [0.29, 0.717) is 18.8 Å². The molecule has 0 radical (unpaired) electrons. The van der Waals surface area contributed by atoms with Crippen LogP contribution in [-0.4, -0.2) is 65.7 Å². The molecule has 0 unspecified atom stereocenters. The van der Waals surface area contributed by atoms with Crippen molar-refractivity contribution in [2.45, 2.75) is 37.5 Å². The lowest BCUT2D eigenvalue weighted by atomic mass is 10.1. The number of sulfonamides is 1. The molecule has 2 fully saturated rings. The number of aryl methyl sites for hydroxylation is 1. The molecule has 2 aliphatic heterocycles. The molecule has 0 bridgehead atoms. The van der Waals surface area contributed by atoms with Gasteiger partial charge in [-0.25, -0.2) is 18.5 Å². The lowest BCUT2D eigenvalue weighted by Gasteiger charge is -2.20. The molecule has 3 heterocycles. The SMILES string of the molecule is Cc1nn(-c2ccccc2)c(N2CCCC2)c1/C=N\NC(=O)c1ccc(S(=O)(=O)N2CCCC2)cc1[N+](=O)[O-]. The Morgan fingerprint density at radius 3 is 2.38 bits per heavy atom. The fourth-order valence-corrected chi connectivity index (χ4v) is 6.51. The summed E-state index contributed by atoms with van der Waals surface area (Å²) in [7, 11) is -3.87. The number of amides is 1. The summed E-state index contributed by atoms with van der Waals surface area (Å²) in [6.45, 7) is 4.32. The van der Waals surface area contributed by atoms with E-state index in [1.54, 1.807) is 0 Å². The number of hydrogen-bond donors (Lipinski definition) is 1. The highest BCUT2D eigenvalue weighted by atomic mass is 32.2. The van der Waals surface area contributed by atoms with Crippen LogP contribution in [0.3, 0.4) is 0 Å². The van der Waals surface area contributed by atoms with Gasteiger partial charge in [0.1, 0.15) is 11.4 Å². The first-order chi connectivity index (χ1) is 18.8.